The number of carbonyl (C=O) groups is 1. The average molecular weight is 373 g/mol. The summed E-state index contributed by atoms with van der Waals surface area (Å²) in [4.78, 5) is 13.7. The molecule has 0 bridgehead atoms. The van der Waals surface area contributed by atoms with E-state index in [0.29, 0.717) is 5.56 Å². The highest BCUT2D eigenvalue weighted by Gasteiger charge is 2.35. The summed E-state index contributed by atoms with van der Waals surface area (Å²) in [7, 11) is 1.62. The average Bonchev–Trinajstić information content (AvgIpc) is 3.05. The van der Waals surface area contributed by atoms with Crippen LogP contribution in [0.15, 0.2) is 42.5 Å². The molecule has 0 N–H and O–H groups in total. The molecule has 5 nitrogen and oxygen atoms in total. The van der Waals surface area contributed by atoms with Gasteiger partial charge in [-0.05, 0) is 38.5 Å². The minimum atomic E-state index is -0.603. The van der Waals surface area contributed by atoms with Crippen molar-refractivity contribution in [2.45, 2.75) is 39.0 Å². The SMILES string of the molecule is CN(C(=O)OC(C)(C)C)C1COc2c1ccc(OCc1ccccc1)c2F. The van der Waals surface area contributed by atoms with Crippen molar-refractivity contribution >= 4 is 6.09 Å². The normalized spacial score (nSPS) is 15.7. The Morgan fingerprint density at radius 1 is 1.22 bits per heavy atom. The van der Waals surface area contributed by atoms with Crippen molar-refractivity contribution in [1.29, 1.82) is 0 Å². The summed E-state index contributed by atoms with van der Waals surface area (Å²) in [5, 5.41) is 0. The summed E-state index contributed by atoms with van der Waals surface area (Å²) in [5.41, 5.74) is 0.947. The smallest absolute Gasteiger partial charge is 0.410 e. The van der Waals surface area contributed by atoms with Crippen molar-refractivity contribution in [1.82, 2.24) is 4.90 Å². The van der Waals surface area contributed by atoms with Crippen LogP contribution in [0.3, 0.4) is 0 Å². The molecule has 1 aliphatic rings. The Morgan fingerprint density at radius 3 is 2.59 bits per heavy atom. The van der Waals surface area contributed by atoms with Gasteiger partial charge in [-0.3, -0.25) is 0 Å². The Morgan fingerprint density at radius 2 is 1.93 bits per heavy atom. The zero-order valence-corrected chi connectivity index (χ0v) is 16.0. The Hall–Kier alpha value is -2.76. The first-order chi connectivity index (χ1) is 12.8. The van der Waals surface area contributed by atoms with Crippen LogP contribution < -0.4 is 9.47 Å². The number of hydrogen-bond acceptors (Lipinski definition) is 4. The first-order valence-electron chi connectivity index (χ1n) is 8.84. The van der Waals surface area contributed by atoms with E-state index in [9.17, 15) is 9.18 Å². The molecule has 144 valence electrons. The van der Waals surface area contributed by atoms with Gasteiger partial charge in [-0.25, -0.2) is 4.79 Å². The molecule has 6 heteroatoms. The Labute approximate surface area is 158 Å². The second-order valence-corrected chi connectivity index (χ2v) is 7.49. The molecule has 3 rings (SSSR count). The Bertz CT molecular complexity index is 817. The highest BCUT2D eigenvalue weighted by molar-refractivity contribution is 5.69. The number of rotatable bonds is 4. The van der Waals surface area contributed by atoms with Gasteiger partial charge in [0, 0.05) is 12.6 Å². The number of benzene rings is 2. The van der Waals surface area contributed by atoms with Gasteiger partial charge in [0.05, 0.1) is 6.04 Å². The fourth-order valence-corrected chi connectivity index (χ4v) is 2.84. The summed E-state index contributed by atoms with van der Waals surface area (Å²) >= 11 is 0. The number of hydrogen-bond donors (Lipinski definition) is 0. The van der Waals surface area contributed by atoms with Crippen LogP contribution in [0.5, 0.6) is 11.5 Å². The maximum atomic E-state index is 14.8. The van der Waals surface area contributed by atoms with Crippen LogP contribution in [-0.2, 0) is 11.3 Å². The number of nitrogens with zero attached hydrogens (tertiary/aromatic N) is 1. The van der Waals surface area contributed by atoms with Gasteiger partial charge >= 0.3 is 6.09 Å². The summed E-state index contributed by atoms with van der Waals surface area (Å²) in [6.45, 7) is 5.83. The van der Waals surface area contributed by atoms with Crippen LogP contribution in [0.25, 0.3) is 0 Å². The quantitative estimate of drug-likeness (QED) is 0.779. The lowest BCUT2D eigenvalue weighted by atomic mass is 10.1. The van der Waals surface area contributed by atoms with Crippen LogP contribution in [-0.4, -0.2) is 30.2 Å². The molecule has 1 unspecified atom stereocenters. The first-order valence-corrected chi connectivity index (χ1v) is 8.84. The molecular formula is C21H24FNO4. The predicted molar refractivity (Wildman–Crippen MR) is 99.4 cm³/mol. The zero-order chi connectivity index (χ0) is 19.6. The highest BCUT2D eigenvalue weighted by atomic mass is 19.1. The second kappa shape index (κ2) is 7.47. The standard InChI is InChI=1S/C21H24FNO4/c1-21(2,3)27-20(24)23(4)16-13-26-19-15(16)10-11-17(18(19)22)25-12-14-8-6-5-7-9-14/h5-11,16H,12-13H2,1-4H3. The van der Waals surface area contributed by atoms with Gasteiger partial charge in [-0.1, -0.05) is 30.3 Å². The van der Waals surface area contributed by atoms with Gasteiger partial charge in [-0.2, -0.15) is 4.39 Å². The van der Waals surface area contributed by atoms with E-state index in [4.69, 9.17) is 14.2 Å². The van der Waals surface area contributed by atoms with E-state index >= 15 is 0 Å². The van der Waals surface area contributed by atoms with E-state index in [2.05, 4.69) is 0 Å². The molecule has 1 aliphatic heterocycles. The summed E-state index contributed by atoms with van der Waals surface area (Å²) in [5.74, 6) is -0.303. The Kier molecular flexibility index (Phi) is 5.26. The minimum Gasteiger partial charge on any atom is -0.487 e. The van der Waals surface area contributed by atoms with E-state index in [1.54, 1.807) is 40.0 Å². The predicted octanol–water partition coefficient (Wildman–Crippen LogP) is 4.71. The van der Waals surface area contributed by atoms with Crippen molar-refractivity contribution in [3.05, 3.63) is 59.4 Å². The van der Waals surface area contributed by atoms with E-state index in [1.807, 2.05) is 30.3 Å². The molecule has 27 heavy (non-hydrogen) atoms. The van der Waals surface area contributed by atoms with Crippen LogP contribution in [0, 0.1) is 5.82 Å². The van der Waals surface area contributed by atoms with Crippen LogP contribution >= 0.6 is 0 Å². The number of halogens is 1. The molecule has 1 atom stereocenters. The molecule has 2 aromatic carbocycles. The number of ether oxygens (including phenoxy) is 3. The molecular weight excluding hydrogens is 349 g/mol. The maximum Gasteiger partial charge on any atom is 0.410 e. The maximum absolute atomic E-state index is 14.8. The molecule has 1 heterocycles. The lowest BCUT2D eigenvalue weighted by Gasteiger charge is -2.28. The summed E-state index contributed by atoms with van der Waals surface area (Å²) in [6, 6.07) is 12.4. The zero-order valence-electron chi connectivity index (χ0n) is 16.0. The molecule has 0 aromatic heterocycles. The fraction of sp³-hybridized carbons (Fsp3) is 0.381. The monoisotopic (exact) mass is 373 g/mol. The van der Waals surface area contributed by atoms with Crippen molar-refractivity contribution in [3.63, 3.8) is 0 Å². The van der Waals surface area contributed by atoms with Crippen molar-refractivity contribution in [2.24, 2.45) is 0 Å². The van der Waals surface area contributed by atoms with E-state index in [0.717, 1.165) is 5.56 Å². The number of carbonyl (C=O) groups excluding carboxylic acids is 1. The highest BCUT2D eigenvalue weighted by Crippen LogP contribution is 2.41. The van der Waals surface area contributed by atoms with Crippen molar-refractivity contribution in [3.8, 4) is 11.5 Å². The molecule has 0 fully saturated rings. The second-order valence-electron chi connectivity index (χ2n) is 7.49. The largest absolute Gasteiger partial charge is 0.487 e. The van der Waals surface area contributed by atoms with E-state index < -0.39 is 23.6 Å². The molecule has 1 amide bonds. The third-order valence-electron chi connectivity index (χ3n) is 4.22. The number of likely N-dealkylation sites (N-methyl/N-ethyl adjacent to an activating group) is 1. The topological polar surface area (TPSA) is 48.0 Å². The molecule has 0 spiro atoms. The van der Waals surface area contributed by atoms with Gasteiger partial charge in [0.2, 0.25) is 5.82 Å². The van der Waals surface area contributed by atoms with Gasteiger partial charge in [0.15, 0.2) is 11.5 Å². The summed E-state index contributed by atoms with van der Waals surface area (Å²) < 4.78 is 31.3. The van der Waals surface area contributed by atoms with Gasteiger partial charge in [0.1, 0.15) is 18.8 Å². The lowest BCUT2D eigenvalue weighted by Crippen LogP contribution is -2.37. The molecule has 0 aliphatic carbocycles. The Balaban J connectivity index is 1.74. The number of amides is 1. The van der Waals surface area contributed by atoms with Crippen LogP contribution in [0.4, 0.5) is 9.18 Å². The van der Waals surface area contributed by atoms with E-state index in [1.165, 1.54) is 4.90 Å². The van der Waals surface area contributed by atoms with Crippen molar-refractivity contribution < 1.29 is 23.4 Å². The lowest BCUT2D eigenvalue weighted by molar-refractivity contribution is 0.0201. The summed E-state index contributed by atoms with van der Waals surface area (Å²) in [6.07, 6.45) is -0.478. The van der Waals surface area contributed by atoms with E-state index in [-0.39, 0.29) is 24.7 Å². The van der Waals surface area contributed by atoms with Crippen LogP contribution in [0.1, 0.15) is 37.9 Å². The number of fused-ring (bicyclic) bond motifs is 1. The van der Waals surface area contributed by atoms with Crippen LogP contribution in [0.2, 0.25) is 0 Å². The first kappa shape index (κ1) is 19.0. The third-order valence-corrected chi connectivity index (χ3v) is 4.22. The van der Waals surface area contributed by atoms with Crippen molar-refractivity contribution in [2.75, 3.05) is 13.7 Å². The fourth-order valence-electron chi connectivity index (χ4n) is 2.84. The van der Waals surface area contributed by atoms with Gasteiger partial charge < -0.3 is 19.1 Å². The minimum absolute atomic E-state index is 0.123. The molecule has 0 radical (unpaired) electrons. The third kappa shape index (κ3) is 4.32. The molecule has 2 aromatic rings. The van der Waals surface area contributed by atoms with Gasteiger partial charge in [-0.15, -0.1) is 0 Å². The molecule has 0 saturated heterocycles. The van der Waals surface area contributed by atoms with Gasteiger partial charge in [0.25, 0.3) is 0 Å². The molecule has 0 saturated carbocycles.